The Balaban J connectivity index is -0.00000000818. The molecule has 0 saturated carbocycles. The fourth-order valence-electron chi connectivity index (χ4n) is 0.246. The van der Waals surface area contributed by atoms with Gasteiger partial charge in [0.25, 0.3) is 0 Å². The molecule has 0 aliphatic carbocycles. The molecule has 0 aliphatic rings. The molecular weight excluding hydrogens is 420 g/mol. The monoisotopic (exact) mass is 444 g/mol. The van der Waals surface area contributed by atoms with E-state index in [9.17, 15) is 19.5 Å². The van der Waals surface area contributed by atoms with Crippen molar-refractivity contribution in [2.75, 3.05) is 0 Å². The third kappa shape index (κ3) is 141. The van der Waals surface area contributed by atoms with Gasteiger partial charge in [-0.3, -0.25) is 0 Å². The van der Waals surface area contributed by atoms with Gasteiger partial charge in [0.15, 0.2) is 0 Å². The van der Waals surface area contributed by atoms with Gasteiger partial charge in [0, 0.05) is 0 Å². The first-order chi connectivity index (χ1) is 6.93. The van der Waals surface area contributed by atoms with Gasteiger partial charge in [-0.25, -0.2) is 0 Å². The first-order valence-electron chi connectivity index (χ1n) is 3.13. The molecule has 0 heterocycles. The average molecular weight is 443 g/mol. The van der Waals surface area contributed by atoms with Crippen molar-refractivity contribution in [1.29, 1.82) is 0 Å². The van der Waals surface area contributed by atoms with Crippen molar-refractivity contribution in [2.24, 2.45) is 0 Å². The van der Waals surface area contributed by atoms with Gasteiger partial charge >= 0.3 is 129 Å². The van der Waals surface area contributed by atoms with E-state index in [0.29, 0.717) is 0 Å². The zero-order valence-electron chi connectivity index (χ0n) is 14.1. The molecule has 0 aliphatic heterocycles. The molecule has 20 nitrogen and oxygen atoms in total. The van der Waals surface area contributed by atoms with E-state index in [0.717, 1.165) is 0 Å². The van der Waals surface area contributed by atoms with Crippen LogP contribution in [0, 0.1) is 0 Å². The van der Waals surface area contributed by atoms with Crippen molar-refractivity contribution < 1.29 is 162 Å². The van der Waals surface area contributed by atoms with Gasteiger partial charge in [-0.2, -0.15) is 0 Å². The third-order valence-corrected chi connectivity index (χ3v) is 0.556. The maximum Gasteiger partial charge on any atom is 1.00 e. The predicted octanol–water partition coefficient (Wildman–Crippen LogP) is -20.6. The van der Waals surface area contributed by atoms with Gasteiger partial charge in [-0.15, -0.1) is 0 Å². The van der Waals surface area contributed by atoms with E-state index in [1.54, 1.807) is 0 Å². The van der Waals surface area contributed by atoms with Gasteiger partial charge in [-0.1, -0.05) is 0 Å². The molecule has 0 spiro atoms. The summed E-state index contributed by atoms with van der Waals surface area (Å²) in [6.45, 7) is 0. The minimum atomic E-state index is -2.27. The van der Waals surface area contributed by atoms with Crippen molar-refractivity contribution >= 4 is 36.7 Å². The zero-order chi connectivity index (χ0) is 12.3. The Morgan fingerprint density at radius 3 is 0.852 bits per heavy atom. The Bertz CT molecular complexity index is 156. The Morgan fingerprint density at radius 1 is 0.593 bits per heavy atom. The number of hydrogen-bond donors (Lipinski definition) is 3. The molecular formula is H23B5Na2O20. The van der Waals surface area contributed by atoms with Crippen LogP contribution < -0.4 is 69.2 Å². The summed E-state index contributed by atoms with van der Waals surface area (Å²) in [5.41, 5.74) is 0. The van der Waals surface area contributed by atoms with E-state index < -0.39 is 22.0 Å². The van der Waals surface area contributed by atoms with Crippen LogP contribution in [0.1, 0.15) is 0 Å². The van der Waals surface area contributed by atoms with Gasteiger partial charge in [0.05, 0.1) is 0 Å². The van der Waals surface area contributed by atoms with Crippen LogP contribution in [0.15, 0.2) is 0 Å². The van der Waals surface area contributed by atoms with Crippen molar-refractivity contribution in [3.63, 3.8) is 0 Å². The smallest absolute Gasteiger partial charge is 0.402 e. The normalized spacial score (nSPS) is 4.04. The average Bonchev–Trinajstić information content (AvgIpc) is 2.03. The van der Waals surface area contributed by atoms with Gasteiger partial charge in [-0.05, 0) is 0 Å². The van der Waals surface area contributed by atoms with Crippen molar-refractivity contribution in [3.05, 3.63) is 0 Å². The van der Waals surface area contributed by atoms with Crippen LogP contribution in [0.3, 0.4) is 0 Å². The molecule has 0 atom stereocenters. The topological polar surface area (TPSA) is 484 Å². The molecule has 27 heteroatoms. The van der Waals surface area contributed by atoms with E-state index in [-0.39, 0.29) is 129 Å². The van der Waals surface area contributed by atoms with E-state index in [2.05, 4.69) is 13.7 Å². The molecule has 0 unspecified atom stereocenters. The van der Waals surface area contributed by atoms with Crippen LogP contribution >= 0.6 is 0 Å². The van der Waals surface area contributed by atoms with Crippen LogP contribution in [-0.2, 0) is 23.1 Å². The molecule has 27 heavy (non-hydrogen) atoms. The second kappa shape index (κ2) is 81.3. The van der Waals surface area contributed by atoms with Crippen LogP contribution in [0.2, 0.25) is 0 Å². The maximum absolute atomic E-state index is 10.1. The van der Waals surface area contributed by atoms with Crippen molar-refractivity contribution in [1.82, 2.24) is 0 Å². The van der Waals surface area contributed by atoms with Crippen LogP contribution in [-0.4, -0.2) is 107 Å². The Kier molecular flexibility index (Phi) is 315. The standard InChI is InChI=1S/B4O7.BH3O3.2Na.10H2O/c5-1-9-3(7)11-4(8)10-2-6;2-1(3)4;;;;;;;;;;;;/h;2-4H;;;10*1H2/q-2;;2*+1;;;;;;;;;;. The summed E-state index contributed by atoms with van der Waals surface area (Å²) in [6, 6.07) is 0. The quantitative estimate of drug-likeness (QED) is 0.325. The molecule has 0 rings (SSSR count). The summed E-state index contributed by atoms with van der Waals surface area (Å²) < 4.78 is 29.8. The summed E-state index contributed by atoms with van der Waals surface area (Å²) in [4.78, 5) is 0. The summed E-state index contributed by atoms with van der Waals surface area (Å²) in [6.07, 6.45) is 0. The van der Waals surface area contributed by atoms with E-state index in [1.807, 2.05) is 0 Å². The second-order valence-corrected chi connectivity index (χ2v) is 1.52. The molecule has 160 valence electrons. The van der Waals surface area contributed by atoms with Crippen molar-refractivity contribution in [3.8, 4) is 0 Å². The van der Waals surface area contributed by atoms with Crippen LogP contribution in [0.25, 0.3) is 0 Å². The summed E-state index contributed by atoms with van der Waals surface area (Å²) in [5, 5.41) is 41.8. The Hall–Kier alpha value is 0.885. The Labute approximate surface area is 198 Å². The molecule has 0 aromatic rings. The molecule has 0 bridgehead atoms. The maximum atomic E-state index is 10.1. The minimum absolute atomic E-state index is 0. The predicted molar refractivity (Wildman–Crippen MR) is 76.2 cm³/mol. The summed E-state index contributed by atoms with van der Waals surface area (Å²) in [5.74, 6) is 0. The molecule has 23 N–H and O–H groups in total. The fraction of sp³-hybridized carbons (Fsp3) is 0. The van der Waals surface area contributed by atoms with Crippen molar-refractivity contribution in [2.45, 2.75) is 0 Å². The second-order valence-electron chi connectivity index (χ2n) is 1.52. The summed E-state index contributed by atoms with van der Waals surface area (Å²) in [7, 11) is -7.08. The Morgan fingerprint density at radius 2 is 0.741 bits per heavy atom. The molecule has 0 radical (unpaired) electrons. The van der Waals surface area contributed by atoms with E-state index in [1.165, 1.54) is 0 Å². The molecule has 0 aromatic carbocycles. The first-order valence-corrected chi connectivity index (χ1v) is 3.13. The molecule has 0 aromatic heterocycles. The third-order valence-electron chi connectivity index (χ3n) is 0.556. The van der Waals surface area contributed by atoms with Crippen LogP contribution in [0.4, 0.5) is 0 Å². The van der Waals surface area contributed by atoms with E-state index >= 15 is 0 Å². The molecule has 0 amide bonds. The van der Waals surface area contributed by atoms with Gasteiger partial charge in [0.2, 0.25) is 0 Å². The van der Waals surface area contributed by atoms with Gasteiger partial charge in [0.1, 0.15) is 0 Å². The summed E-state index contributed by atoms with van der Waals surface area (Å²) >= 11 is 0. The SMILES string of the molecule is O.O.O.O.O.O.O.O.O.O.O=BOB([O-])OB([O-])OB=O.OB(O)O.[Na+].[Na+]. The minimum Gasteiger partial charge on any atom is -0.402 e. The molecule has 0 fully saturated rings. The number of rotatable bonds is 6. The first kappa shape index (κ1) is 105. The zero-order valence-corrected chi connectivity index (χ0v) is 18.1. The van der Waals surface area contributed by atoms with Gasteiger partial charge < -0.3 is 69.8 Å². The largest absolute Gasteiger partial charge is 1.00 e. The van der Waals surface area contributed by atoms with E-state index in [4.69, 9.17) is 15.1 Å². The van der Waals surface area contributed by atoms with Crippen LogP contribution in [0.5, 0.6) is 0 Å². The molecule has 0 saturated heterocycles. The fourth-order valence-corrected chi connectivity index (χ4v) is 0.246. The number of hydrogen-bond acceptors (Lipinski definition) is 10.